The summed E-state index contributed by atoms with van der Waals surface area (Å²) >= 11 is 0. The van der Waals surface area contributed by atoms with Gasteiger partial charge in [0.25, 0.3) is 5.91 Å². The second kappa shape index (κ2) is 6.97. The molecule has 3 heteroatoms. The molecular weight excluding hydrogens is 284 g/mol. The molecule has 0 saturated carbocycles. The van der Waals surface area contributed by atoms with Crippen LogP contribution in [0.1, 0.15) is 46.9 Å². The molecule has 0 aliphatic carbocycles. The van der Waals surface area contributed by atoms with E-state index in [9.17, 15) is 4.79 Å². The second-order valence-electron chi connectivity index (χ2n) is 5.94. The molecule has 0 radical (unpaired) electrons. The normalized spacial score (nSPS) is 16.7. The van der Waals surface area contributed by atoms with Crippen LogP contribution in [0.15, 0.2) is 48.5 Å². The van der Waals surface area contributed by atoms with Crippen molar-refractivity contribution in [2.24, 2.45) is 0 Å². The molecule has 23 heavy (non-hydrogen) atoms. The quantitative estimate of drug-likeness (QED) is 0.939. The van der Waals surface area contributed by atoms with Crippen molar-refractivity contribution >= 4 is 5.91 Å². The van der Waals surface area contributed by atoms with Gasteiger partial charge in [-0.1, -0.05) is 36.4 Å². The summed E-state index contributed by atoms with van der Waals surface area (Å²) in [6, 6.07) is 16.9. The van der Waals surface area contributed by atoms with E-state index >= 15 is 0 Å². The van der Waals surface area contributed by atoms with E-state index in [2.05, 4.69) is 41.7 Å². The third-order valence-electron chi connectivity index (χ3n) is 4.65. The Kier molecular flexibility index (Phi) is 4.77. The molecule has 1 aliphatic rings. The summed E-state index contributed by atoms with van der Waals surface area (Å²) in [4.78, 5) is 14.3. The molecular formula is C20H24N2O. The fraction of sp³-hybridized carbons (Fsp3) is 0.350. The summed E-state index contributed by atoms with van der Waals surface area (Å²) in [6.45, 7) is 6.50. The predicted molar refractivity (Wildman–Crippen MR) is 93.7 cm³/mol. The van der Waals surface area contributed by atoms with Crippen LogP contribution in [0.4, 0.5) is 0 Å². The first-order chi connectivity index (χ1) is 11.2. The molecule has 2 aromatic carbocycles. The van der Waals surface area contributed by atoms with Gasteiger partial charge in [0.1, 0.15) is 0 Å². The lowest BCUT2D eigenvalue weighted by Gasteiger charge is -2.27. The summed E-state index contributed by atoms with van der Waals surface area (Å²) in [5.74, 6) is 0.110. The van der Waals surface area contributed by atoms with Crippen molar-refractivity contribution in [3.63, 3.8) is 0 Å². The first-order valence-corrected chi connectivity index (χ1v) is 8.45. The summed E-state index contributed by atoms with van der Waals surface area (Å²) in [5, 5.41) is 3.59. The van der Waals surface area contributed by atoms with Crippen molar-refractivity contribution in [2.75, 3.05) is 19.6 Å². The number of rotatable bonds is 4. The standard InChI is InChI=1S/C20H24N2O/c1-3-22(4-2)20(23)17-11-9-16(10-12-17)19-18-8-6-5-7-15(18)13-14-21-19/h5-12,19,21H,3-4,13-14H2,1-2H3. The van der Waals surface area contributed by atoms with E-state index in [0.717, 1.165) is 31.6 Å². The van der Waals surface area contributed by atoms with Crippen LogP contribution in [0.5, 0.6) is 0 Å². The molecule has 0 spiro atoms. The maximum absolute atomic E-state index is 12.4. The van der Waals surface area contributed by atoms with Gasteiger partial charge in [-0.05, 0) is 49.1 Å². The number of benzene rings is 2. The minimum atomic E-state index is 0.110. The lowest BCUT2D eigenvalue weighted by atomic mass is 9.89. The number of nitrogens with zero attached hydrogens (tertiary/aromatic N) is 1. The van der Waals surface area contributed by atoms with Crippen LogP contribution < -0.4 is 5.32 Å². The average Bonchev–Trinajstić information content (AvgIpc) is 2.62. The molecule has 1 atom stereocenters. The van der Waals surface area contributed by atoms with E-state index in [-0.39, 0.29) is 11.9 Å². The maximum atomic E-state index is 12.4. The molecule has 0 saturated heterocycles. The summed E-state index contributed by atoms with van der Waals surface area (Å²) in [7, 11) is 0. The van der Waals surface area contributed by atoms with E-state index < -0.39 is 0 Å². The fourth-order valence-electron chi connectivity index (χ4n) is 3.31. The molecule has 3 nitrogen and oxygen atoms in total. The van der Waals surface area contributed by atoms with E-state index in [1.807, 2.05) is 30.9 Å². The van der Waals surface area contributed by atoms with Crippen molar-refractivity contribution in [1.82, 2.24) is 10.2 Å². The van der Waals surface area contributed by atoms with Gasteiger partial charge in [-0.15, -0.1) is 0 Å². The number of hydrogen-bond acceptors (Lipinski definition) is 2. The van der Waals surface area contributed by atoms with Gasteiger partial charge >= 0.3 is 0 Å². The van der Waals surface area contributed by atoms with Gasteiger partial charge in [0.05, 0.1) is 6.04 Å². The molecule has 3 rings (SSSR count). The lowest BCUT2D eigenvalue weighted by Crippen LogP contribution is -2.31. The first-order valence-electron chi connectivity index (χ1n) is 8.45. The van der Waals surface area contributed by atoms with Crippen LogP contribution in [0.2, 0.25) is 0 Å². The van der Waals surface area contributed by atoms with E-state index in [1.165, 1.54) is 16.7 Å². The van der Waals surface area contributed by atoms with Gasteiger partial charge in [0.15, 0.2) is 0 Å². The zero-order valence-corrected chi connectivity index (χ0v) is 13.9. The number of carbonyl (C=O) groups is 1. The highest BCUT2D eigenvalue weighted by atomic mass is 16.2. The molecule has 1 unspecified atom stereocenters. The minimum Gasteiger partial charge on any atom is -0.339 e. The Bertz CT molecular complexity index is 674. The molecule has 2 aromatic rings. The zero-order valence-electron chi connectivity index (χ0n) is 13.9. The van der Waals surface area contributed by atoms with E-state index in [4.69, 9.17) is 0 Å². The molecule has 1 aliphatic heterocycles. The molecule has 120 valence electrons. The predicted octanol–water partition coefficient (Wildman–Crippen LogP) is 3.40. The Morgan fingerprint density at radius 1 is 1.09 bits per heavy atom. The molecule has 0 bridgehead atoms. The third kappa shape index (κ3) is 3.15. The highest BCUT2D eigenvalue weighted by Gasteiger charge is 2.21. The van der Waals surface area contributed by atoms with Crippen molar-refractivity contribution in [1.29, 1.82) is 0 Å². The van der Waals surface area contributed by atoms with Crippen LogP contribution in [0.25, 0.3) is 0 Å². The molecule has 0 fully saturated rings. The number of hydrogen-bond donors (Lipinski definition) is 1. The van der Waals surface area contributed by atoms with Crippen LogP contribution in [0, 0.1) is 0 Å². The number of carbonyl (C=O) groups excluding carboxylic acids is 1. The Morgan fingerprint density at radius 2 is 1.78 bits per heavy atom. The fourth-order valence-corrected chi connectivity index (χ4v) is 3.31. The molecule has 1 heterocycles. The Hall–Kier alpha value is -2.13. The SMILES string of the molecule is CCN(CC)C(=O)c1ccc(C2NCCc3ccccc32)cc1. The lowest BCUT2D eigenvalue weighted by molar-refractivity contribution is 0.0773. The van der Waals surface area contributed by atoms with Gasteiger partial charge in [0, 0.05) is 25.2 Å². The number of nitrogens with one attached hydrogen (secondary N) is 1. The first kappa shape index (κ1) is 15.8. The minimum absolute atomic E-state index is 0.110. The van der Waals surface area contributed by atoms with Gasteiger partial charge in [-0.25, -0.2) is 0 Å². The number of fused-ring (bicyclic) bond motifs is 1. The Labute approximate surface area is 138 Å². The Balaban J connectivity index is 1.85. The van der Waals surface area contributed by atoms with Crippen molar-refractivity contribution in [3.8, 4) is 0 Å². The molecule has 1 N–H and O–H groups in total. The van der Waals surface area contributed by atoms with E-state index in [0.29, 0.717) is 0 Å². The maximum Gasteiger partial charge on any atom is 0.253 e. The highest BCUT2D eigenvalue weighted by Crippen LogP contribution is 2.28. The highest BCUT2D eigenvalue weighted by molar-refractivity contribution is 5.94. The van der Waals surface area contributed by atoms with Crippen LogP contribution in [-0.4, -0.2) is 30.4 Å². The van der Waals surface area contributed by atoms with Crippen molar-refractivity contribution in [2.45, 2.75) is 26.3 Å². The summed E-state index contributed by atoms with van der Waals surface area (Å²) in [6.07, 6.45) is 1.07. The number of amides is 1. The van der Waals surface area contributed by atoms with Crippen LogP contribution >= 0.6 is 0 Å². The average molecular weight is 308 g/mol. The summed E-state index contributed by atoms with van der Waals surface area (Å²) in [5.41, 5.74) is 4.75. The molecule has 1 amide bonds. The van der Waals surface area contributed by atoms with Crippen molar-refractivity contribution in [3.05, 3.63) is 70.8 Å². The van der Waals surface area contributed by atoms with Crippen molar-refractivity contribution < 1.29 is 4.79 Å². The smallest absolute Gasteiger partial charge is 0.253 e. The third-order valence-corrected chi connectivity index (χ3v) is 4.65. The van der Waals surface area contributed by atoms with Gasteiger partial charge in [-0.3, -0.25) is 4.79 Å². The topological polar surface area (TPSA) is 32.3 Å². The monoisotopic (exact) mass is 308 g/mol. The zero-order chi connectivity index (χ0) is 16.2. The second-order valence-corrected chi connectivity index (χ2v) is 5.94. The summed E-state index contributed by atoms with van der Waals surface area (Å²) < 4.78 is 0. The van der Waals surface area contributed by atoms with Gasteiger partial charge < -0.3 is 10.2 Å². The molecule has 0 aromatic heterocycles. The van der Waals surface area contributed by atoms with E-state index in [1.54, 1.807) is 0 Å². The van der Waals surface area contributed by atoms with Crippen LogP contribution in [0.3, 0.4) is 0 Å². The Morgan fingerprint density at radius 3 is 2.48 bits per heavy atom. The van der Waals surface area contributed by atoms with Gasteiger partial charge in [0.2, 0.25) is 0 Å². The largest absolute Gasteiger partial charge is 0.339 e. The van der Waals surface area contributed by atoms with Crippen LogP contribution in [-0.2, 0) is 6.42 Å². The van der Waals surface area contributed by atoms with Gasteiger partial charge in [-0.2, -0.15) is 0 Å².